The fraction of sp³-hybridized carbons (Fsp3) is 0.188. The number of aromatic nitrogens is 3. The minimum Gasteiger partial charge on any atom is -0.493 e. The molecule has 0 atom stereocenters. The van der Waals surface area contributed by atoms with Crippen molar-refractivity contribution in [3.63, 3.8) is 0 Å². The van der Waals surface area contributed by atoms with Gasteiger partial charge in [0.05, 0.1) is 23.7 Å². The Bertz CT molecular complexity index is 806. The SMILES string of the molecule is COc1c(-c2nc3ccccc3[nH]2)ccnc1C(=O)N(C)C. The average molecular weight is 296 g/mol. The summed E-state index contributed by atoms with van der Waals surface area (Å²) < 4.78 is 5.43. The molecular weight excluding hydrogens is 280 g/mol. The summed E-state index contributed by atoms with van der Waals surface area (Å²) >= 11 is 0. The first kappa shape index (κ1) is 14.1. The fourth-order valence-electron chi connectivity index (χ4n) is 2.29. The zero-order valence-electron chi connectivity index (χ0n) is 12.6. The Labute approximate surface area is 127 Å². The molecule has 0 fully saturated rings. The molecule has 0 saturated carbocycles. The van der Waals surface area contributed by atoms with E-state index in [2.05, 4.69) is 15.0 Å². The number of hydrogen-bond acceptors (Lipinski definition) is 4. The van der Waals surface area contributed by atoms with Crippen LogP contribution in [-0.4, -0.2) is 47.0 Å². The highest BCUT2D eigenvalue weighted by Gasteiger charge is 2.21. The van der Waals surface area contributed by atoms with Crippen LogP contribution in [0.15, 0.2) is 36.5 Å². The largest absolute Gasteiger partial charge is 0.493 e. The van der Waals surface area contributed by atoms with E-state index in [1.165, 1.54) is 12.0 Å². The van der Waals surface area contributed by atoms with Gasteiger partial charge in [0.25, 0.3) is 5.91 Å². The van der Waals surface area contributed by atoms with Gasteiger partial charge in [-0.3, -0.25) is 4.79 Å². The second kappa shape index (κ2) is 5.48. The Morgan fingerprint density at radius 2 is 2.00 bits per heavy atom. The second-order valence-electron chi connectivity index (χ2n) is 5.04. The molecule has 2 aromatic heterocycles. The summed E-state index contributed by atoms with van der Waals surface area (Å²) in [5.41, 5.74) is 2.76. The van der Waals surface area contributed by atoms with E-state index in [1.54, 1.807) is 26.4 Å². The number of carbonyl (C=O) groups is 1. The number of imidazole rings is 1. The molecule has 6 nitrogen and oxygen atoms in total. The lowest BCUT2D eigenvalue weighted by Gasteiger charge is -2.14. The highest BCUT2D eigenvalue weighted by atomic mass is 16.5. The first-order chi connectivity index (χ1) is 10.6. The predicted octanol–water partition coefficient (Wildman–Crippen LogP) is 2.34. The first-order valence-electron chi connectivity index (χ1n) is 6.81. The number of pyridine rings is 1. The van der Waals surface area contributed by atoms with Crippen LogP contribution in [0.2, 0.25) is 0 Å². The van der Waals surface area contributed by atoms with Gasteiger partial charge in [0.15, 0.2) is 11.4 Å². The maximum Gasteiger partial charge on any atom is 0.275 e. The molecule has 0 spiro atoms. The average Bonchev–Trinajstić information content (AvgIpc) is 2.97. The Kier molecular flexibility index (Phi) is 3.50. The molecule has 0 saturated heterocycles. The number of rotatable bonds is 3. The number of ether oxygens (including phenoxy) is 1. The van der Waals surface area contributed by atoms with Gasteiger partial charge in [0, 0.05) is 20.3 Å². The van der Waals surface area contributed by atoms with E-state index in [9.17, 15) is 4.79 Å². The fourth-order valence-corrected chi connectivity index (χ4v) is 2.29. The molecule has 112 valence electrons. The molecule has 6 heteroatoms. The summed E-state index contributed by atoms with van der Waals surface area (Å²) in [6.45, 7) is 0. The van der Waals surface area contributed by atoms with Crippen LogP contribution < -0.4 is 4.74 Å². The summed E-state index contributed by atoms with van der Waals surface area (Å²) in [6.07, 6.45) is 1.59. The highest BCUT2D eigenvalue weighted by Crippen LogP contribution is 2.31. The number of carbonyl (C=O) groups excluding carboxylic acids is 1. The van der Waals surface area contributed by atoms with Crippen molar-refractivity contribution in [2.75, 3.05) is 21.2 Å². The van der Waals surface area contributed by atoms with E-state index >= 15 is 0 Å². The molecule has 3 aromatic rings. The molecule has 0 unspecified atom stereocenters. The lowest BCUT2D eigenvalue weighted by molar-refractivity contribution is 0.0818. The molecule has 2 heterocycles. The number of H-pyrrole nitrogens is 1. The van der Waals surface area contributed by atoms with Gasteiger partial charge in [-0.15, -0.1) is 0 Å². The number of fused-ring (bicyclic) bond motifs is 1. The molecular formula is C16H16N4O2. The molecule has 1 N–H and O–H groups in total. The summed E-state index contributed by atoms with van der Waals surface area (Å²) in [5.74, 6) is 0.850. The van der Waals surface area contributed by atoms with E-state index in [-0.39, 0.29) is 11.6 Å². The Balaban J connectivity index is 2.18. The summed E-state index contributed by atoms with van der Waals surface area (Å²) in [5, 5.41) is 0. The van der Waals surface area contributed by atoms with Gasteiger partial charge in [0.1, 0.15) is 5.82 Å². The van der Waals surface area contributed by atoms with Gasteiger partial charge in [-0.05, 0) is 18.2 Å². The maximum absolute atomic E-state index is 12.2. The second-order valence-corrected chi connectivity index (χ2v) is 5.04. The monoisotopic (exact) mass is 296 g/mol. The van der Waals surface area contributed by atoms with Crippen LogP contribution in [0.5, 0.6) is 5.75 Å². The van der Waals surface area contributed by atoms with Crippen LogP contribution in [-0.2, 0) is 0 Å². The van der Waals surface area contributed by atoms with E-state index < -0.39 is 0 Å². The van der Waals surface area contributed by atoms with Crippen molar-refractivity contribution in [2.24, 2.45) is 0 Å². The Morgan fingerprint density at radius 1 is 1.23 bits per heavy atom. The summed E-state index contributed by atoms with van der Waals surface area (Å²) in [6, 6.07) is 9.52. The maximum atomic E-state index is 12.2. The van der Waals surface area contributed by atoms with Gasteiger partial charge < -0.3 is 14.6 Å². The quantitative estimate of drug-likeness (QED) is 0.805. The van der Waals surface area contributed by atoms with Crippen molar-refractivity contribution >= 4 is 16.9 Å². The van der Waals surface area contributed by atoms with Crippen LogP contribution in [0.25, 0.3) is 22.4 Å². The number of aromatic amines is 1. The molecule has 22 heavy (non-hydrogen) atoms. The van der Waals surface area contributed by atoms with E-state index in [0.29, 0.717) is 17.1 Å². The molecule has 1 amide bonds. The molecule has 0 bridgehead atoms. The van der Waals surface area contributed by atoms with Crippen molar-refractivity contribution in [3.8, 4) is 17.1 Å². The minimum atomic E-state index is -0.213. The van der Waals surface area contributed by atoms with Crippen LogP contribution in [0.4, 0.5) is 0 Å². The predicted molar refractivity (Wildman–Crippen MR) is 83.9 cm³/mol. The van der Waals surface area contributed by atoms with Gasteiger partial charge in [0.2, 0.25) is 0 Å². The number of nitrogens with one attached hydrogen (secondary N) is 1. The van der Waals surface area contributed by atoms with Gasteiger partial charge >= 0.3 is 0 Å². The Hall–Kier alpha value is -2.89. The third kappa shape index (κ3) is 2.28. The molecule has 0 aliphatic carbocycles. The molecule has 0 radical (unpaired) electrons. The van der Waals surface area contributed by atoms with Crippen LogP contribution in [0, 0.1) is 0 Å². The summed E-state index contributed by atoms with van der Waals surface area (Å²) in [4.78, 5) is 25.6. The van der Waals surface area contributed by atoms with Crippen molar-refractivity contribution in [1.29, 1.82) is 0 Å². The van der Waals surface area contributed by atoms with Crippen molar-refractivity contribution in [2.45, 2.75) is 0 Å². The normalized spacial score (nSPS) is 10.7. The minimum absolute atomic E-state index is 0.213. The summed E-state index contributed by atoms with van der Waals surface area (Å²) in [7, 11) is 4.88. The number of para-hydroxylation sites is 2. The standard InChI is InChI=1S/C16H16N4O2/c1-20(2)16(21)13-14(22-3)10(8-9-17-13)15-18-11-6-4-5-7-12(11)19-15/h4-9H,1-3H3,(H,18,19). The van der Waals surface area contributed by atoms with E-state index in [0.717, 1.165) is 11.0 Å². The Morgan fingerprint density at radius 3 is 2.68 bits per heavy atom. The lowest BCUT2D eigenvalue weighted by atomic mass is 10.1. The van der Waals surface area contributed by atoms with Gasteiger partial charge in [-0.1, -0.05) is 12.1 Å². The van der Waals surface area contributed by atoms with E-state index in [4.69, 9.17) is 4.74 Å². The van der Waals surface area contributed by atoms with Crippen molar-refractivity contribution in [1.82, 2.24) is 19.9 Å². The topological polar surface area (TPSA) is 71.1 Å². The van der Waals surface area contributed by atoms with Crippen LogP contribution in [0.3, 0.4) is 0 Å². The zero-order chi connectivity index (χ0) is 15.7. The first-order valence-corrected chi connectivity index (χ1v) is 6.81. The van der Waals surface area contributed by atoms with Gasteiger partial charge in [-0.2, -0.15) is 0 Å². The number of methoxy groups -OCH3 is 1. The number of amides is 1. The highest BCUT2D eigenvalue weighted by molar-refractivity contribution is 5.97. The smallest absolute Gasteiger partial charge is 0.275 e. The van der Waals surface area contributed by atoms with Crippen LogP contribution >= 0.6 is 0 Å². The third-order valence-electron chi connectivity index (χ3n) is 3.36. The zero-order valence-corrected chi connectivity index (χ0v) is 12.6. The molecule has 0 aliphatic rings. The van der Waals surface area contributed by atoms with Crippen molar-refractivity contribution in [3.05, 3.63) is 42.2 Å². The van der Waals surface area contributed by atoms with Gasteiger partial charge in [-0.25, -0.2) is 9.97 Å². The molecule has 0 aliphatic heterocycles. The third-order valence-corrected chi connectivity index (χ3v) is 3.36. The molecule has 1 aromatic carbocycles. The van der Waals surface area contributed by atoms with E-state index in [1.807, 2.05) is 24.3 Å². The number of hydrogen-bond donors (Lipinski definition) is 1. The lowest BCUT2D eigenvalue weighted by Crippen LogP contribution is -2.23. The van der Waals surface area contributed by atoms with Crippen LogP contribution in [0.1, 0.15) is 10.5 Å². The number of benzene rings is 1. The van der Waals surface area contributed by atoms with Crippen molar-refractivity contribution < 1.29 is 9.53 Å². The molecule has 3 rings (SSSR count). The number of nitrogens with zero attached hydrogens (tertiary/aromatic N) is 3.